The number of rotatable bonds is 7. The van der Waals surface area contributed by atoms with Gasteiger partial charge < -0.3 is 18.8 Å². The predicted molar refractivity (Wildman–Crippen MR) is 124 cm³/mol. The van der Waals surface area contributed by atoms with Gasteiger partial charge in [0.1, 0.15) is 23.2 Å². The lowest BCUT2D eigenvalue weighted by Gasteiger charge is -2.28. The number of hydrogen-bond acceptors (Lipinski definition) is 6. The topological polar surface area (TPSA) is 63.9 Å². The summed E-state index contributed by atoms with van der Waals surface area (Å²) in [6.45, 7) is 6.55. The number of methoxy groups -OCH3 is 1. The van der Waals surface area contributed by atoms with Gasteiger partial charge in [-0.05, 0) is 42.2 Å². The van der Waals surface area contributed by atoms with Crippen LogP contribution < -0.4 is 10.2 Å². The molecule has 1 aromatic heterocycles. The number of alkyl halides is 3. The van der Waals surface area contributed by atoms with Gasteiger partial charge in [0.15, 0.2) is 0 Å². The Morgan fingerprint density at radius 1 is 1.09 bits per heavy atom. The molecule has 0 bridgehead atoms. The fraction of sp³-hybridized carbons (Fsp3) is 0.480. The minimum atomic E-state index is -4.62. The van der Waals surface area contributed by atoms with Crippen molar-refractivity contribution < 1.29 is 31.9 Å². The molecule has 3 aromatic rings. The molecule has 0 saturated carbocycles. The number of fused-ring (bicyclic) bond motifs is 3. The summed E-state index contributed by atoms with van der Waals surface area (Å²) < 4.78 is 58.3. The zero-order chi connectivity index (χ0) is 24.5. The summed E-state index contributed by atoms with van der Waals surface area (Å²) in [5.74, 6) is -0.715. The number of carbonyl (C=O) groups is 1. The Bertz CT molecular complexity index is 1150. The van der Waals surface area contributed by atoms with Gasteiger partial charge in [-0.2, -0.15) is 13.2 Å². The smallest absolute Gasteiger partial charge is 0.407 e. The number of hydrogen-bond donors (Lipinski definition) is 1. The summed E-state index contributed by atoms with van der Waals surface area (Å²) in [7, 11) is 1.17. The number of halogens is 3. The highest BCUT2D eigenvalue weighted by Gasteiger charge is 2.43. The second-order valence-corrected chi connectivity index (χ2v) is 8.98. The first kappa shape index (κ1) is 24.3. The van der Waals surface area contributed by atoms with Gasteiger partial charge in [-0.25, -0.2) is 0 Å². The van der Waals surface area contributed by atoms with E-state index in [1.54, 1.807) is 6.07 Å². The van der Waals surface area contributed by atoms with Gasteiger partial charge in [-0.3, -0.25) is 10.1 Å². The van der Waals surface area contributed by atoms with Crippen molar-refractivity contribution in [3.8, 4) is 0 Å². The monoisotopic (exact) mass is 478 g/mol. The quantitative estimate of drug-likeness (QED) is 0.471. The number of nitrogens with zero attached hydrogens (tertiary/aromatic N) is 1. The summed E-state index contributed by atoms with van der Waals surface area (Å²) >= 11 is 0. The van der Waals surface area contributed by atoms with E-state index in [-0.39, 0.29) is 17.9 Å². The summed E-state index contributed by atoms with van der Waals surface area (Å²) in [6, 6.07) is 7.15. The van der Waals surface area contributed by atoms with E-state index in [0.717, 1.165) is 29.5 Å². The molecule has 1 aliphatic heterocycles. The maximum absolute atomic E-state index is 14.1. The second kappa shape index (κ2) is 9.84. The number of nitrogens with one attached hydrogen (secondary N) is 1. The molecule has 2 heterocycles. The number of anilines is 1. The number of morpholine rings is 1. The molecular formula is C25H29F3N2O4. The van der Waals surface area contributed by atoms with Crippen LogP contribution in [0.5, 0.6) is 0 Å². The Balaban J connectivity index is 1.69. The number of furan rings is 1. The van der Waals surface area contributed by atoms with Crippen LogP contribution in [0.1, 0.15) is 31.9 Å². The molecule has 6 nitrogen and oxygen atoms in total. The molecule has 1 saturated heterocycles. The highest BCUT2D eigenvalue weighted by Crippen LogP contribution is 2.38. The standard InChI is InChI=1S/C25H29F3N2O4/c1-15(2)12-20(24(31)32-3)29-23(25(26,27)28)16-4-6-18-19-14-17(30-8-10-33-11-9-30)5-7-21(19)34-22(18)13-16/h4-7,13-15,20,23,29H,8-12H2,1-3H3/t20-,23?/m0/s1. The van der Waals surface area contributed by atoms with Gasteiger partial charge in [0.25, 0.3) is 0 Å². The molecule has 34 heavy (non-hydrogen) atoms. The largest absolute Gasteiger partial charge is 0.468 e. The number of carbonyl (C=O) groups excluding carboxylic acids is 1. The average molecular weight is 479 g/mol. The summed E-state index contributed by atoms with van der Waals surface area (Å²) in [5, 5.41) is 4.06. The molecule has 2 aromatic carbocycles. The van der Waals surface area contributed by atoms with Crippen molar-refractivity contribution in [1.29, 1.82) is 0 Å². The lowest BCUT2D eigenvalue weighted by atomic mass is 9.99. The molecular weight excluding hydrogens is 449 g/mol. The van der Waals surface area contributed by atoms with Crippen LogP contribution in [-0.2, 0) is 14.3 Å². The van der Waals surface area contributed by atoms with E-state index in [9.17, 15) is 18.0 Å². The molecule has 0 radical (unpaired) electrons. The molecule has 1 unspecified atom stereocenters. The van der Waals surface area contributed by atoms with Crippen molar-refractivity contribution in [2.24, 2.45) is 5.92 Å². The van der Waals surface area contributed by atoms with E-state index >= 15 is 0 Å². The first-order chi connectivity index (χ1) is 16.2. The van der Waals surface area contributed by atoms with Crippen LogP contribution in [0.15, 0.2) is 40.8 Å². The fourth-order valence-electron chi connectivity index (χ4n) is 4.41. The van der Waals surface area contributed by atoms with Gasteiger partial charge in [0.05, 0.1) is 20.3 Å². The maximum atomic E-state index is 14.1. The van der Waals surface area contributed by atoms with E-state index in [0.29, 0.717) is 24.4 Å². The zero-order valence-corrected chi connectivity index (χ0v) is 19.4. The van der Waals surface area contributed by atoms with Crippen molar-refractivity contribution in [3.63, 3.8) is 0 Å². The lowest BCUT2D eigenvalue weighted by Crippen LogP contribution is -2.45. The van der Waals surface area contributed by atoms with Gasteiger partial charge in [-0.1, -0.05) is 26.0 Å². The molecule has 4 rings (SSSR count). The Morgan fingerprint density at radius 2 is 1.82 bits per heavy atom. The third-order valence-corrected chi connectivity index (χ3v) is 6.08. The van der Waals surface area contributed by atoms with Crippen molar-refractivity contribution in [2.45, 2.75) is 38.5 Å². The number of ether oxygens (including phenoxy) is 2. The van der Waals surface area contributed by atoms with Crippen LogP contribution in [0.2, 0.25) is 0 Å². The third-order valence-electron chi connectivity index (χ3n) is 6.08. The molecule has 9 heteroatoms. The van der Waals surface area contributed by atoms with Crippen LogP contribution in [0, 0.1) is 5.92 Å². The van der Waals surface area contributed by atoms with E-state index in [2.05, 4.69) is 10.2 Å². The molecule has 1 N–H and O–H groups in total. The highest BCUT2D eigenvalue weighted by molar-refractivity contribution is 6.06. The Morgan fingerprint density at radius 3 is 2.47 bits per heavy atom. The molecule has 2 atom stereocenters. The van der Waals surface area contributed by atoms with Crippen molar-refractivity contribution in [3.05, 3.63) is 42.0 Å². The van der Waals surface area contributed by atoms with Gasteiger partial charge in [-0.15, -0.1) is 0 Å². The SMILES string of the molecule is COC(=O)[C@H](CC(C)C)NC(c1ccc2c(c1)oc1ccc(N3CCOCC3)cc12)C(F)(F)F. The molecule has 1 aliphatic rings. The van der Waals surface area contributed by atoms with Crippen LogP contribution in [0.25, 0.3) is 21.9 Å². The van der Waals surface area contributed by atoms with Crippen LogP contribution >= 0.6 is 0 Å². The molecule has 0 spiro atoms. The molecule has 1 fully saturated rings. The van der Waals surface area contributed by atoms with Gasteiger partial charge in [0, 0.05) is 29.5 Å². The zero-order valence-electron chi connectivity index (χ0n) is 19.4. The molecule has 184 valence electrons. The van der Waals surface area contributed by atoms with Gasteiger partial charge in [0.2, 0.25) is 0 Å². The van der Waals surface area contributed by atoms with E-state index < -0.39 is 24.2 Å². The minimum Gasteiger partial charge on any atom is -0.468 e. The van der Waals surface area contributed by atoms with E-state index in [1.807, 2.05) is 32.0 Å². The third kappa shape index (κ3) is 5.15. The normalized spacial score (nSPS) is 16.9. The Labute approximate surface area is 196 Å². The second-order valence-electron chi connectivity index (χ2n) is 8.98. The lowest BCUT2D eigenvalue weighted by molar-refractivity contribution is -0.164. The van der Waals surface area contributed by atoms with Crippen molar-refractivity contribution in [1.82, 2.24) is 5.32 Å². The van der Waals surface area contributed by atoms with Crippen LogP contribution in [0.3, 0.4) is 0 Å². The summed E-state index contributed by atoms with van der Waals surface area (Å²) in [5.41, 5.74) is 1.96. The average Bonchev–Trinajstić information content (AvgIpc) is 3.17. The summed E-state index contributed by atoms with van der Waals surface area (Å²) in [4.78, 5) is 14.4. The van der Waals surface area contributed by atoms with E-state index in [4.69, 9.17) is 13.9 Å². The Kier molecular flexibility index (Phi) is 7.04. The molecule has 0 amide bonds. The summed E-state index contributed by atoms with van der Waals surface area (Å²) in [6.07, 6.45) is -4.40. The molecule has 0 aliphatic carbocycles. The minimum absolute atomic E-state index is 0.00370. The van der Waals surface area contributed by atoms with E-state index in [1.165, 1.54) is 19.2 Å². The van der Waals surface area contributed by atoms with Crippen LogP contribution in [0.4, 0.5) is 18.9 Å². The first-order valence-corrected chi connectivity index (χ1v) is 11.4. The van der Waals surface area contributed by atoms with Crippen molar-refractivity contribution in [2.75, 3.05) is 38.3 Å². The number of esters is 1. The van der Waals surface area contributed by atoms with Crippen LogP contribution in [-0.4, -0.2) is 51.6 Å². The van der Waals surface area contributed by atoms with Gasteiger partial charge >= 0.3 is 12.1 Å². The number of benzene rings is 2. The Hall–Kier alpha value is -2.78. The highest BCUT2D eigenvalue weighted by atomic mass is 19.4. The first-order valence-electron chi connectivity index (χ1n) is 11.4. The van der Waals surface area contributed by atoms with Crippen molar-refractivity contribution >= 4 is 33.6 Å². The predicted octanol–water partition coefficient (Wildman–Crippen LogP) is 5.20. The maximum Gasteiger partial charge on any atom is 0.407 e. The fourth-order valence-corrected chi connectivity index (χ4v) is 4.41.